The summed E-state index contributed by atoms with van der Waals surface area (Å²) in [4.78, 5) is 2.42. The van der Waals surface area contributed by atoms with Crippen LogP contribution in [0.4, 0.5) is 17.1 Å². The van der Waals surface area contributed by atoms with Crippen LogP contribution in [0, 0.1) is 0 Å². The molecule has 1 aromatic heterocycles. The Morgan fingerprint density at radius 1 is 0.242 bits per heavy atom. The first-order valence-electron chi connectivity index (χ1n) is 21.2. The molecule has 0 aliphatic heterocycles. The van der Waals surface area contributed by atoms with Gasteiger partial charge in [-0.15, -0.1) is 11.3 Å². The zero-order valence-electron chi connectivity index (χ0n) is 34.0. The van der Waals surface area contributed by atoms with Gasteiger partial charge >= 0.3 is 0 Å². The Labute approximate surface area is 367 Å². The van der Waals surface area contributed by atoms with Crippen molar-refractivity contribution in [2.45, 2.75) is 0 Å². The van der Waals surface area contributed by atoms with Gasteiger partial charge < -0.3 is 4.90 Å². The predicted octanol–water partition coefficient (Wildman–Crippen LogP) is 17.5. The third-order valence-corrected chi connectivity index (χ3v) is 13.1. The average molecular weight is 808 g/mol. The second-order valence-corrected chi connectivity index (χ2v) is 16.7. The second kappa shape index (κ2) is 16.3. The van der Waals surface area contributed by atoms with Crippen LogP contribution in [0.25, 0.3) is 86.9 Å². The van der Waals surface area contributed by atoms with Crippen molar-refractivity contribution in [2.75, 3.05) is 4.90 Å². The van der Waals surface area contributed by atoms with E-state index in [1.807, 2.05) is 11.3 Å². The first-order chi connectivity index (χ1) is 30.8. The van der Waals surface area contributed by atoms with Crippen LogP contribution < -0.4 is 4.90 Å². The summed E-state index contributed by atoms with van der Waals surface area (Å²) in [5.41, 5.74) is 17.7. The number of anilines is 3. The molecule has 1 nitrogen and oxygen atoms in total. The highest BCUT2D eigenvalue weighted by atomic mass is 32.1. The second-order valence-electron chi connectivity index (χ2n) is 15.6. The van der Waals surface area contributed by atoms with Crippen LogP contribution in [-0.2, 0) is 0 Å². The molecule has 0 aliphatic carbocycles. The topological polar surface area (TPSA) is 3.24 Å². The van der Waals surface area contributed by atoms with E-state index in [1.165, 1.54) is 81.4 Å². The molecule has 292 valence electrons. The molecule has 0 saturated carbocycles. The standard InChI is InChI=1S/C60H41NS/c1-3-17-43(18-4-1)49-21-7-8-22-50(49)45-33-38-48(39-34-45)61(47-36-31-42(32-37-47)46-35-40-57-56-28-14-16-30-59(56)62-60(57)41-46)58-29-15-13-27-55(58)54-26-12-11-25-53(54)52-24-10-9-23-51(52)44-19-5-2-6-20-44/h1-41H. The average Bonchev–Trinajstić information content (AvgIpc) is 3.73. The van der Waals surface area contributed by atoms with Crippen molar-refractivity contribution in [2.24, 2.45) is 0 Å². The van der Waals surface area contributed by atoms with Gasteiger partial charge in [0.15, 0.2) is 0 Å². The third kappa shape index (κ3) is 6.97. The smallest absolute Gasteiger partial charge is 0.0540 e. The maximum Gasteiger partial charge on any atom is 0.0540 e. The Kier molecular flexibility index (Phi) is 9.82. The summed E-state index contributed by atoms with van der Waals surface area (Å²) >= 11 is 1.86. The highest BCUT2D eigenvalue weighted by molar-refractivity contribution is 7.25. The molecule has 0 aliphatic rings. The molecule has 0 bridgehead atoms. The van der Waals surface area contributed by atoms with E-state index in [0.29, 0.717) is 0 Å². The largest absolute Gasteiger partial charge is 0.310 e. The van der Waals surface area contributed by atoms with E-state index in [4.69, 9.17) is 0 Å². The minimum atomic E-state index is 1.08. The van der Waals surface area contributed by atoms with Crippen LogP contribution in [0.15, 0.2) is 249 Å². The molecule has 0 radical (unpaired) electrons. The molecular weight excluding hydrogens is 767 g/mol. The van der Waals surface area contributed by atoms with Gasteiger partial charge in [-0.1, -0.05) is 206 Å². The van der Waals surface area contributed by atoms with Gasteiger partial charge in [-0.3, -0.25) is 0 Å². The van der Waals surface area contributed by atoms with E-state index in [1.54, 1.807) is 0 Å². The number of hydrogen-bond donors (Lipinski definition) is 0. The van der Waals surface area contributed by atoms with Crippen molar-refractivity contribution in [1.29, 1.82) is 0 Å². The summed E-state index contributed by atoms with van der Waals surface area (Å²) in [5, 5.41) is 2.64. The number of rotatable bonds is 9. The van der Waals surface area contributed by atoms with E-state index in [-0.39, 0.29) is 0 Å². The summed E-state index contributed by atoms with van der Waals surface area (Å²) in [6.07, 6.45) is 0. The lowest BCUT2D eigenvalue weighted by Crippen LogP contribution is -2.11. The third-order valence-electron chi connectivity index (χ3n) is 12.0. The lowest BCUT2D eigenvalue weighted by atomic mass is 9.88. The molecule has 11 aromatic rings. The maximum atomic E-state index is 2.42. The van der Waals surface area contributed by atoms with E-state index < -0.39 is 0 Å². The van der Waals surface area contributed by atoms with Gasteiger partial charge in [0.1, 0.15) is 0 Å². The summed E-state index contributed by atoms with van der Waals surface area (Å²) in [6, 6.07) is 90.3. The molecule has 10 aromatic carbocycles. The first-order valence-corrected chi connectivity index (χ1v) is 22.0. The van der Waals surface area contributed by atoms with Crippen LogP contribution in [-0.4, -0.2) is 0 Å². The molecule has 2 heteroatoms. The van der Waals surface area contributed by atoms with E-state index in [2.05, 4.69) is 254 Å². The van der Waals surface area contributed by atoms with Gasteiger partial charge in [-0.2, -0.15) is 0 Å². The van der Waals surface area contributed by atoms with E-state index in [9.17, 15) is 0 Å². The summed E-state index contributed by atoms with van der Waals surface area (Å²) in [5.74, 6) is 0. The number of hydrogen-bond acceptors (Lipinski definition) is 2. The van der Waals surface area contributed by atoms with Gasteiger partial charge in [0.25, 0.3) is 0 Å². The fourth-order valence-corrected chi connectivity index (χ4v) is 10.1. The van der Waals surface area contributed by atoms with Gasteiger partial charge in [0, 0.05) is 37.1 Å². The number of thiophene rings is 1. The van der Waals surface area contributed by atoms with Gasteiger partial charge in [-0.25, -0.2) is 0 Å². The van der Waals surface area contributed by atoms with Crippen molar-refractivity contribution in [3.8, 4) is 66.8 Å². The van der Waals surface area contributed by atoms with Crippen molar-refractivity contribution in [1.82, 2.24) is 0 Å². The fraction of sp³-hybridized carbons (Fsp3) is 0. The zero-order chi connectivity index (χ0) is 41.2. The van der Waals surface area contributed by atoms with Crippen LogP contribution in [0.1, 0.15) is 0 Å². The summed E-state index contributed by atoms with van der Waals surface area (Å²) in [7, 11) is 0. The van der Waals surface area contributed by atoms with Crippen molar-refractivity contribution in [3.63, 3.8) is 0 Å². The Bertz CT molecular complexity index is 3330. The van der Waals surface area contributed by atoms with Crippen LogP contribution in [0.2, 0.25) is 0 Å². The molecule has 0 unspecified atom stereocenters. The van der Waals surface area contributed by atoms with Crippen LogP contribution in [0.5, 0.6) is 0 Å². The molecular formula is C60H41NS. The Hall–Kier alpha value is -7.78. The SMILES string of the molecule is c1ccc(-c2ccccc2-c2ccc(N(c3ccc(-c4ccc5c(c4)sc4ccccc45)cc3)c3ccccc3-c3ccccc3-c3ccccc3-c3ccccc3)cc2)cc1. The first kappa shape index (κ1) is 37.2. The minimum absolute atomic E-state index is 1.08. The maximum absolute atomic E-state index is 2.42. The predicted molar refractivity (Wildman–Crippen MR) is 267 cm³/mol. The van der Waals surface area contributed by atoms with Gasteiger partial charge in [-0.05, 0) is 104 Å². The monoisotopic (exact) mass is 807 g/mol. The van der Waals surface area contributed by atoms with Gasteiger partial charge in [0.05, 0.1) is 5.69 Å². The van der Waals surface area contributed by atoms with Crippen molar-refractivity contribution < 1.29 is 0 Å². The fourth-order valence-electron chi connectivity index (χ4n) is 8.97. The van der Waals surface area contributed by atoms with E-state index in [0.717, 1.165) is 22.6 Å². The Morgan fingerprint density at radius 2 is 0.629 bits per heavy atom. The highest BCUT2D eigenvalue weighted by Crippen LogP contribution is 2.46. The molecule has 0 N–H and O–H groups in total. The molecule has 0 amide bonds. The van der Waals surface area contributed by atoms with Crippen molar-refractivity contribution in [3.05, 3.63) is 249 Å². The molecule has 0 saturated heterocycles. The molecule has 0 spiro atoms. The molecule has 1 heterocycles. The van der Waals surface area contributed by atoms with Crippen molar-refractivity contribution >= 4 is 48.6 Å². The Morgan fingerprint density at radius 3 is 1.23 bits per heavy atom. The normalized spacial score (nSPS) is 11.2. The quantitative estimate of drug-likeness (QED) is 0.140. The number of fused-ring (bicyclic) bond motifs is 3. The number of para-hydroxylation sites is 1. The summed E-state index contributed by atoms with van der Waals surface area (Å²) < 4.78 is 2.63. The molecule has 62 heavy (non-hydrogen) atoms. The lowest BCUT2D eigenvalue weighted by molar-refractivity contribution is 1.28. The van der Waals surface area contributed by atoms with Crippen LogP contribution >= 0.6 is 11.3 Å². The van der Waals surface area contributed by atoms with E-state index >= 15 is 0 Å². The Balaban J connectivity index is 1.04. The summed E-state index contributed by atoms with van der Waals surface area (Å²) in [6.45, 7) is 0. The van der Waals surface area contributed by atoms with Crippen LogP contribution in [0.3, 0.4) is 0 Å². The molecule has 11 rings (SSSR count). The highest BCUT2D eigenvalue weighted by Gasteiger charge is 2.21. The molecule has 0 atom stereocenters. The lowest BCUT2D eigenvalue weighted by Gasteiger charge is -2.29. The zero-order valence-corrected chi connectivity index (χ0v) is 34.8. The minimum Gasteiger partial charge on any atom is -0.310 e. The molecule has 0 fully saturated rings. The number of nitrogens with zero attached hydrogens (tertiary/aromatic N) is 1. The van der Waals surface area contributed by atoms with Gasteiger partial charge in [0.2, 0.25) is 0 Å². The number of benzene rings is 10.